The van der Waals surface area contributed by atoms with E-state index in [9.17, 15) is 8.42 Å². The highest BCUT2D eigenvalue weighted by atomic mass is 32.2. The van der Waals surface area contributed by atoms with Gasteiger partial charge >= 0.3 is 0 Å². The number of hydrogen-bond acceptors (Lipinski definition) is 7. The Hall–Kier alpha value is -2.20. The van der Waals surface area contributed by atoms with Gasteiger partial charge in [0, 0.05) is 24.2 Å². The summed E-state index contributed by atoms with van der Waals surface area (Å²) < 4.78 is 44.3. The van der Waals surface area contributed by atoms with Crippen LogP contribution in [0.4, 0.5) is 5.88 Å². The molecule has 2 heterocycles. The van der Waals surface area contributed by atoms with Crippen molar-refractivity contribution in [1.82, 2.24) is 5.16 Å². The number of ether oxygens (including phenoxy) is 2. The Labute approximate surface area is 168 Å². The zero-order valence-electron chi connectivity index (χ0n) is 16.1. The second-order valence-corrected chi connectivity index (χ2v) is 9.11. The fraction of sp³-hybridized carbons (Fsp3) is 0.316. The molecule has 0 saturated heterocycles. The molecule has 150 valence electrons. The first-order chi connectivity index (χ1) is 13.4. The summed E-state index contributed by atoms with van der Waals surface area (Å²) >= 11 is 1.17. The zero-order chi connectivity index (χ0) is 20.3. The number of rotatable bonds is 8. The van der Waals surface area contributed by atoms with Crippen molar-refractivity contribution in [3.8, 4) is 10.4 Å². The third kappa shape index (κ3) is 3.83. The zero-order valence-corrected chi connectivity index (χ0v) is 17.7. The van der Waals surface area contributed by atoms with Gasteiger partial charge in [-0.2, -0.15) is 12.7 Å². The van der Waals surface area contributed by atoms with Gasteiger partial charge in [-0.15, -0.1) is 11.3 Å². The van der Waals surface area contributed by atoms with Crippen molar-refractivity contribution in [1.29, 1.82) is 0 Å². The van der Waals surface area contributed by atoms with E-state index in [4.69, 9.17) is 14.0 Å². The molecule has 7 nitrogen and oxygen atoms in total. The number of aryl methyl sites for hydroxylation is 1. The predicted molar refractivity (Wildman–Crippen MR) is 108 cm³/mol. The van der Waals surface area contributed by atoms with Crippen molar-refractivity contribution in [2.45, 2.75) is 31.4 Å². The number of nitrogens with zero attached hydrogens (tertiary/aromatic N) is 2. The SMILES string of the molecule is CCOC(OC)N(c1onc(C)c1C)S(=O)(=O)c1ccc(-c2ccccc2)s1. The lowest BCUT2D eigenvalue weighted by atomic mass is 10.2. The van der Waals surface area contributed by atoms with Crippen LogP contribution in [0.1, 0.15) is 18.2 Å². The molecule has 3 aromatic rings. The summed E-state index contributed by atoms with van der Waals surface area (Å²) in [6.45, 7) is 5.50. The molecule has 0 fully saturated rings. The molecule has 9 heteroatoms. The summed E-state index contributed by atoms with van der Waals surface area (Å²) in [5.41, 5.74) is 2.14. The van der Waals surface area contributed by atoms with Gasteiger partial charge in [-0.1, -0.05) is 35.5 Å². The molecule has 0 aliphatic heterocycles. The number of benzene rings is 1. The van der Waals surface area contributed by atoms with Crippen LogP contribution in [0.3, 0.4) is 0 Å². The minimum atomic E-state index is -4.02. The van der Waals surface area contributed by atoms with E-state index in [2.05, 4.69) is 5.16 Å². The highest BCUT2D eigenvalue weighted by Crippen LogP contribution is 2.36. The summed E-state index contributed by atoms with van der Waals surface area (Å²) in [5.74, 6) is 0.0764. The first kappa shape index (κ1) is 20.5. The van der Waals surface area contributed by atoms with Crippen LogP contribution in [-0.2, 0) is 19.5 Å². The fourth-order valence-electron chi connectivity index (χ4n) is 2.61. The smallest absolute Gasteiger partial charge is 0.280 e. The molecule has 0 bridgehead atoms. The Morgan fingerprint density at radius 2 is 1.89 bits per heavy atom. The summed E-state index contributed by atoms with van der Waals surface area (Å²) in [6.07, 6.45) is -1.18. The van der Waals surface area contributed by atoms with Crippen LogP contribution in [0.2, 0.25) is 0 Å². The largest absolute Gasteiger partial charge is 0.338 e. The monoisotopic (exact) mass is 422 g/mol. The standard InChI is InChI=1S/C19H22N2O5S2/c1-5-25-19(24-4)21(18-13(2)14(3)20-26-18)28(22,23)17-12-11-16(27-17)15-9-7-6-8-10-15/h6-12,19H,5H2,1-4H3. The fourth-order valence-corrected chi connectivity index (χ4v) is 5.48. The molecule has 0 N–H and O–H groups in total. The number of hydrogen-bond donors (Lipinski definition) is 0. The molecule has 0 amide bonds. The second kappa shape index (κ2) is 8.44. The summed E-state index contributed by atoms with van der Waals surface area (Å²) in [4.78, 5) is 0.843. The third-order valence-corrected chi connectivity index (χ3v) is 7.50. The van der Waals surface area contributed by atoms with Gasteiger partial charge in [-0.25, -0.2) is 0 Å². The molecule has 3 rings (SSSR count). The lowest BCUT2D eigenvalue weighted by Crippen LogP contribution is -2.43. The van der Waals surface area contributed by atoms with Gasteiger partial charge in [0.15, 0.2) is 0 Å². The van der Waals surface area contributed by atoms with E-state index in [0.717, 1.165) is 14.7 Å². The van der Waals surface area contributed by atoms with Gasteiger partial charge < -0.3 is 14.0 Å². The lowest BCUT2D eigenvalue weighted by molar-refractivity contribution is -0.112. The predicted octanol–water partition coefficient (Wildman–Crippen LogP) is 4.18. The average molecular weight is 423 g/mol. The van der Waals surface area contributed by atoms with Crippen molar-refractivity contribution in [2.75, 3.05) is 18.0 Å². The molecular formula is C19H22N2O5S2. The van der Waals surface area contributed by atoms with E-state index in [1.165, 1.54) is 18.4 Å². The molecule has 1 atom stereocenters. The van der Waals surface area contributed by atoms with E-state index in [1.807, 2.05) is 30.3 Å². The van der Waals surface area contributed by atoms with Gasteiger partial charge in [0.25, 0.3) is 16.4 Å². The molecule has 0 aliphatic carbocycles. The molecular weight excluding hydrogens is 400 g/mol. The Bertz CT molecular complexity index is 1030. The first-order valence-corrected chi connectivity index (χ1v) is 10.9. The molecule has 28 heavy (non-hydrogen) atoms. The number of thiophene rings is 1. The Balaban J connectivity index is 2.08. The average Bonchev–Trinajstić information content (AvgIpc) is 3.31. The number of sulfonamides is 1. The van der Waals surface area contributed by atoms with Crippen LogP contribution < -0.4 is 4.31 Å². The van der Waals surface area contributed by atoms with E-state index >= 15 is 0 Å². The van der Waals surface area contributed by atoms with Crippen molar-refractivity contribution in [3.63, 3.8) is 0 Å². The summed E-state index contributed by atoms with van der Waals surface area (Å²) in [5, 5.41) is 3.89. The topological polar surface area (TPSA) is 81.9 Å². The summed E-state index contributed by atoms with van der Waals surface area (Å²) in [7, 11) is -2.64. The van der Waals surface area contributed by atoms with Crippen LogP contribution in [0, 0.1) is 13.8 Å². The molecule has 1 aromatic carbocycles. The maximum atomic E-state index is 13.5. The maximum Gasteiger partial charge on any atom is 0.280 e. The quantitative estimate of drug-likeness (QED) is 0.507. The Morgan fingerprint density at radius 3 is 2.46 bits per heavy atom. The number of anilines is 1. The van der Waals surface area contributed by atoms with Crippen molar-refractivity contribution in [3.05, 3.63) is 53.7 Å². The van der Waals surface area contributed by atoms with Gasteiger partial charge in [0.1, 0.15) is 4.21 Å². The second-order valence-electron chi connectivity index (χ2n) is 5.98. The number of aromatic nitrogens is 1. The van der Waals surface area contributed by atoms with Gasteiger partial charge in [-0.05, 0) is 38.5 Å². The third-order valence-electron chi connectivity index (χ3n) is 4.19. The molecule has 0 aliphatic rings. The van der Waals surface area contributed by atoms with Crippen molar-refractivity contribution in [2.24, 2.45) is 0 Å². The van der Waals surface area contributed by atoms with E-state index in [1.54, 1.807) is 32.9 Å². The Morgan fingerprint density at radius 1 is 1.18 bits per heavy atom. The van der Waals surface area contributed by atoms with Crippen LogP contribution >= 0.6 is 11.3 Å². The highest BCUT2D eigenvalue weighted by molar-refractivity contribution is 7.94. The van der Waals surface area contributed by atoms with Gasteiger partial charge in [0.2, 0.25) is 5.88 Å². The van der Waals surface area contributed by atoms with Crippen molar-refractivity contribution >= 4 is 27.2 Å². The minimum absolute atomic E-state index is 0.0764. The van der Waals surface area contributed by atoms with Crippen LogP contribution in [0.15, 0.2) is 51.2 Å². The van der Waals surface area contributed by atoms with Crippen molar-refractivity contribution < 1.29 is 22.4 Å². The molecule has 1 unspecified atom stereocenters. The van der Waals surface area contributed by atoms with Crippen LogP contribution in [-0.4, -0.2) is 33.7 Å². The highest BCUT2D eigenvalue weighted by Gasteiger charge is 2.38. The lowest BCUT2D eigenvalue weighted by Gasteiger charge is -2.28. The van der Waals surface area contributed by atoms with Gasteiger partial charge in [0.05, 0.1) is 5.69 Å². The maximum absolute atomic E-state index is 13.5. The number of methoxy groups -OCH3 is 1. The van der Waals surface area contributed by atoms with E-state index in [0.29, 0.717) is 11.3 Å². The first-order valence-electron chi connectivity index (χ1n) is 8.67. The Kier molecular flexibility index (Phi) is 6.19. The molecule has 0 radical (unpaired) electrons. The summed E-state index contributed by atoms with van der Waals surface area (Å²) in [6, 6.07) is 13.0. The molecule has 0 spiro atoms. The van der Waals surface area contributed by atoms with E-state index in [-0.39, 0.29) is 16.7 Å². The van der Waals surface area contributed by atoms with Crippen LogP contribution in [0.25, 0.3) is 10.4 Å². The van der Waals surface area contributed by atoms with Crippen LogP contribution in [0.5, 0.6) is 0 Å². The minimum Gasteiger partial charge on any atom is -0.338 e. The molecule has 2 aromatic heterocycles. The molecule has 0 saturated carbocycles. The normalized spacial score (nSPS) is 12.9. The van der Waals surface area contributed by atoms with Gasteiger partial charge in [-0.3, -0.25) is 0 Å². The van der Waals surface area contributed by atoms with E-state index < -0.39 is 16.4 Å².